The molecule has 0 bridgehead atoms. The van der Waals surface area contributed by atoms with Gasteiger partial charge in [-0.2, -0.15) is 0 Å². The van der Waals surface area contributed by atoms with E-state index in [1.807, 2.05) is 125 Å². The van der Waals surface area contributed by atoms with E-state index in [-0.39, 0.29) is 104 Å². The number of carboxylic acid groups (broad SMARTS) is 2. The first-order chi connectivity index (χ1) is 49.1. The Morgan fingerprint density at radius 2 is 0.848 bits per heavy atom. The molecule has 3 atom stereocenters. The summed E-state index contributed by atoms with van der Waals surface area (Å²) in [5, 5.41) is 33.9. The van der Waals surface area contributed by atoms with Crippen molar-refractivity contribution in [2.45, 2.75) is 327 Å². The molecule has 678 valence electrons. The van der Waals surface area contributed by atoms with Crippen molar-refractivity contribution in [2.75, 3.05) is 46.2 Å². The van der Waals surface area contributed by atoms with E-state index < -0.39 is 66.2 Å². The van der Waals surface area contributed by atoms with E-state index in [0.717, 1.165) is 6.29 Å². The van der Waals surface area contributed by atoms with Gasteiger partial charge in [-0.25, -0.2) is 24.0 Å². The van der Waals surface area contributed by atoms with Crippen LogP contribution in [0.3, 0.4) is 0 Å². The van der Waals surface area contributed by atoms with Crippen LogP contribution in [0.1, 0.15) is 305 Å². The van der Waals surface area contributed by atoms with Crippen LogP contribution < -0.4 is 27.4 Å². The summed E-state index contributed by atoms with van der Waals surface area (Å²) in [5.41, 5.74) is 7.56. The Morgan fingerprint density at radius 3 is 1.09 bits per heavy atom. The number of carboxylic acids is 2. The number of aldehydes is 1. The molecule has 27 nitrogen and oxygen atoms in total. The molecule has 0 aromatic rings. The van der Waals surface area contributed by atoms with Crippen LogP contribution in [0.2, 0.25) is 0 Å². The minimum atomic E-state index is -1.92. The summed E-state index contributed by atoms with van der Waals surface area (Å²) < 4.78 is 46.0. The number of alkyl carbamates (subject to hydrolysis) is 1. The van der Waals surface area contributed by atoms with E-state index in [0.29, 0.717) is 119 Å². The average molecular weight is 1800 g/mol. The number of carbonyl (C=O) groups is 11. The predicted molar refractivity (Wildman–Crippen MR) is 448 cm³/mol. The van der Waals surface area contributed by atoms with Gasteiger partial charge in [0.2, 0.25) is 12.8 Å². The number of aliphatic carboxylic acids is 2. The van der Waals surface area contributed by atoms with Gasteiger partial charge in [0.25, 0.3) is 0 Å². The van der Waals surface area contributed by atoms with Crippen molar-refractivity contribution in [1.29, 1.82) is 0 Å². The molecule has 0 aromatic heterocycles. The topological polar surface area (TPSA) is 428 Å². The second-order valence-corrected chi connectivity index (χ2v) is 34.5. The van der Waals surface area contributed by atoms with Gasteiger partial charge in [-0.05, 0) is 169 Å². The Bertz CT molecular complexity index is 2570. The first-order valence-electron chi connectivity index (χ1n) is 38.0. The molecular weight excluding hydrogens is 1630 g/mol. The zero-order valence-corrected chi connectivity index (χ0v) is 78.4. The number of rotatable bonds is 34. The van der Waals surface area contributed by atoms with Gasteiger partial charge in [-0.1, -0.05) is 209 Å². The summed E-state index contributed by atoms with van der Waals surface area (Å²) in [4.78, 5) is 120. The third kappa shape index (κ3) is 76.7. The maximum absolute atomic E-state index is 11.6. The molecule has 0 fully saturated rings. The van der Waals surface area contributed by atoms with Gasteiger partial charge < -0.3 is 83.4 Å². The van der Waals surface area contributed by atoms with Crippen LogP contribution in [-0.2, 0) is 102 Å². The minimum absolute atomic E-state index is 0. The fourth-order valence-electron chi connectivity index (χ4n) is 6.23. The summed E-state index contributed by atoms with van der Waals surface area (Å²) in [6.45, 7) is 77.7. The quantitative estimate of drug-likeness (QED) is 0.00975. The number of carbonyl (C=O) groups excluding carboxylic acids is 9. The molecule has 0 rings (SSSR count). The van der Waals surface area contributed by atoms with Gasteiger partial charge in [-0.15, -0.1) is 0 Å². The van der Waals surface area contributed by atoms with E-state index in [9.17, 15) is 57.8 Å². The number of amides is 3. The number of allylic oxidation sites excluding steroid dienone is 1. The second-order valence-electron chi connectivity index (χ2n) is 34.1. The molecule has 0 radical (unpaired) electrons. The molecule has 28 heteroatoms. The van der Waals surface area contributed by atoms with Crippen molar-refractivity contribution >= 4 is 67.0 Å². The predicted octanol–water partition coefficient (Wildman–Crippen LogP) is 16.0. The molecule has 0 aliphatic carbocycles. The van der Waals surface area contributed by atoms with Gasteiger partial charge in [0.15, 0.2) is 6.54 Å². The van der Waals surface area contributed by atoms with Gasteiger partial charge in [0.1, 0.15) is 35.7 Å². The van der Waals surface area contributed by atoms with Gasteiger partial charge in [0, 0.05) is 19.9 Å². The fourth-order valence-corrected chi connectivity index (χ4v) is 6.23. The van der Waals surface area contributed by atoms with E-state index >= 15 is 0 Å². The second kappa shape index (κ2) is 70.5. The summed E-state index contributed by atoms with van der Waals surface area (Å²) >= 11 is -1.92. The van der Waals surface area contributed by atoms with Crippen LogP contribution in [-0.4, -0.2) is 152 Å². The number of quaternary nitrogens is 1. The van der Waals surface area contributed by atoms with Crippen LogP contribution in [0.15, 0.2) is 11.8 Å². The summed E-state index contributed by atoms with van der Waals surface area (Å²) in [6, 6.07) is -2.22. The van der Waals surface area contributed by atoms with E-state index in [1.54, 1.807) is 47.6 Å². The monoisotopic (exact) mass is 1800 g/mol. The first kappa shape index (κ1) is 135. The van der Waals surface area contributed by atoms with Gasteiger partial charge in [0.05, 0.1) is 38.4 Å². The van der Waals surface area contributed by atoms with Crippen molar-refractivity contribution in [3.05, 3.63) is 19.2 Å². The van der Waals surface area contributed by atoms with E-state index in [4.69, 9.17) is 46.4 Å². The Labute approximate surface area is 692 Å². The van der Waals surface area contributed by atoms with E-state index in [1.165, 1.54) is 0 Å². The van der Waals surface area contributed by atoms with Crippen molar-refractivity contribution < 1.29 is 129 Å². The van der Waals surface area contributed by atoms with Crippen LogP contribution >= 0.6 is 0 Å². The van der Waals surface area contributed by atoms with Crippen LogP contribution in [0.4, 0.5) is 4.79 Å². The standard InChI is InChI=1S/C14H27NO4.C12H23NO3.C12H21NO3.C9H19NO2.C9H18O2.C7H14O2.C7H16O.C7H14O.C4H9NO2.2CH4.CH3.2O.Pt.H2/c1-9(2)14(6,7)8-10(11(16)17)15-12(18)19-13(3,4)5;2*1-6-16-11(15)10(13-8-14)7-12(4,5)9(2)3;1-6(2)9(3,4)5-7(10)8(11)12;1-6-11-8(10)9(4,5)7(2)3;1-4-9-7(8)5-6(2)3;2*1-6(2)7(3,4)5-8;1-2-7-4(6)3-5;;;;;;;/h9-10H,8H2,1-7H3,(H,15,18)(H,16,17);8-10H,6-7H2,1-5H3,(H,13,14);7-9H,6H2,1-5H3,(H,13,14);6-7H,5,10H2,1-4H3,(H,11,12);7H,6H2,1-5H3;6H,4-5H2,1-3H3;6,8H,5H2,1-4H3;5-6H,1-4H3;2-3,5H2,1H3;2*1H4;1H3;;;;1H/q;;;;;;;;;;;-1;;;;/p+1. The number of hydrogen-bond acceptors (Lipinski definition) is 21. The van der Waals surface area contributed by atoms with Gasteiger partial charge >= 0.3 is 73.2 Å². The third-order valence-corrected chi connectivity index (χ3v) is 19.2. The summed E-state index contributed by atoms with van der Waals surface area (Å²) in [5.74, 6) is 0.0407. The van der Waals surface area contributed by atoms with Crippen molar-refractivity contribution in [3.63, 3.8) is 0 Å². The SMILES string of the molecule is C.C.CC(C)C(C)(C)C=O.CC(C)C(C)(C)CC(N)C(=O)O.CC(C)C(C)(C)CC(NC(=O)OC(C)(C)C)C(=O)O.CC(C)C(C)(C)CO.CCOC(=O)C(=CC(C)(C)C(C)C)NC=O.CCOC(=O)C(C)(C)C(C)C.CCOC(=O)C(CC(C)(C)C(C)C)NC=O.CCOC(=O)CC(C)C.CCOC(=O)C[NH3+].[CH3-].[HH].[O]=[Pt]=[O]. The van der Waals surface area contributed by atoms with Crippen molar-refractivity contribution in [3.8, 4) is 0 Å². The third-order valence-electron chi connectivity index (χ3n) is 19.2. The molecular formula is C84H175N5O22Pt. The Kier molecular flexibility index (Phi) is 85.1. The molecule has 112 heavy (non-hydrogen) atoms. The number of esters is 5. The summed E-state index contributed by atoms with van der Waals surface area (Å²) in [7, 11) is 0. The Morgan fingerprint density at radius 1 is 0.491 bits per heavy atom. The number of aliphatic hydroxyl groups is 1. The zero-order valence-electron chi connectivity index (χ0n) is 76.1. The average Bonchev–Trinajstić information content (AvgIpc) is 0.878. The number of aliphatic hydroxyl groups excluding tert-OH is 1. The summed E-state index contributed by atoms with van der Waals surface area (Å²) in [6.07, 6.45) is 5.10. The van der Waals surface area contributed by atoms with Crippen LogP contribution in [0, 0.1) is 92.7 Å². The number of nitrogens with one attached hydrogen (secondary N) is 3. The molecule has 0 heterocycles. The molecule has 0 saturated carbocycles. The fraction of sp³-hybridized carbons (Fsp3) is 0.833. The number of nitrogens with two attached hydrogens (primary N) is 1. The molecule has 3 amide bonds. The normalized spacial score (nSPS) is 12.1. The van der Waals surface area contributed by atoms with Crippen molar-refractivity contribution in [2.24, 2.45) is 91.0 Å². The maximum atomic E-state index is 11.6. The molecule has 0 aromatic carbocycles. The number of hydrogen-bond donors (Lipinski definition) is 8. The molecule has 3 unspecified atom stereocenters. The molecule has 0 spiro atoms. The number of ether oxygens (including phenoxy) is 6. The Hall–Kier alpha value is -5.92. The first-order valence-corrected chi connectivity index (χ1v) is 39.9. The van der Waals surface area contributed by atoms with Crippen LogP contribution in [0.5, 0.6) is 0 Å². The zero-order chi connectivity index (χ0) is 89.2. The van der Waals surface area contributed by atoms with E-state index in [2.05, 4.69) is 123 Å². The van der Waals surface area contributed by atoms with Crippen molar-refractivity contribution in [1.82, 2.24) is 16.0 Å². The van der Waals surface area contributed by atoms with Crippen LogP contribution in [0.25, 0.3) is 0 Å². The molecule has 0 aliphatic heterocycles. The molecule has 11 N–H and O–H groups in total. The molecule has 0 saturated heterocycles. The molecule has 0 aliphatic rings. The Balaban J connectivity index is -0.0000000819. The van der Waals surface area contributed by atoms with Gasteiger partial charge in [-0.3, -0.25) is 24.0 Å².